The summed E-state index contributed by atoms with van der Waals surface area (Å²) in [5, 5.41) is 18.7. The van der Waals surface area contributed by atoms with E-state index in [9.17, 15) is 12.8 Å². The van der Waals surface area contributed by atoms with Crippen LogP contribution in [0.3, 0.4) is 0 Å². The highest BCUT2D eigenvalue weighted by Crippen LogP contribution is 2.33. The zero-order valence-electron chi connectivity index (χ0n) is 15.1. The van der Waals surface area contributed by atoms with Gasteiger partial charge in [-0.15, -0.1) is 5.10 Å². The van der Waals surface area contributed by atoms with Crippen molar-refractivity contribution in [2.24, 2.45) is 5.14 Å². The largest absolute Gasteiger partial charge is 0.489 e. The first-order valence-electron chi connectivity index (χ1n) is 8.47. The highest BCUT2D eigenvalue weighted by molar-refractivity contribution is 7.89. The lowest BCUT2D eigenvalue weighted by Gasteiger charge is -2.09. The molecule has 4 N–H and O–H groups in total. The van der Waals surface area contributed by atoms with Crippen LogP contribution in [0.25, 0.3) is 16.8 Å². The van der Waals surface area contributed by atoms with Crippen LogP contribution in [0.1, 0.15) is 6.92 Å². The molecule has 29 heavy (non-hydrogen) atoms. The van der Waals surface area contributed by atoms with Crippen LogP contribution in [0.15, 0.2) is 47.8 Å². The molecule has 3 aromatic heterocycles. The minimum atomic E-state index is -4.00. The first-order valence-corrected chi connectivity index (χ1v) is 10.0. The van der Waals surface area contributed by atoms with E-state index in [4.69, 9.17) is 9.88 Å². The number of benzene rings is 1. The maximum Gasteiger partial charge on any atom is 0.247 e. The van der Waals surface area contributed by atoms with Crippen molar-refractivity contribution in [2.45, 2.75) is 11.8 Å². The molecule has 0 bridgehead atoms. The van der Waals surface area contributed by atoms with Crippen molar-refractivity contribution in [3.8, 4) is 16.9 Å². The standard InChI is InChI=1S/C17H16FN7O3S/c1-2-28-15-12(10-8-20-21-9-10)5-6-25-16(15)23-17(24-25)22-14-4-3-11(7-13(14)18)29(19,26)27/h3-9H,2H2,1H3,(H,20,21)(H,22,24)(H2,19,26,27). The van der Waals surface area contributed by atoms with Crippen molar-refractivity contribution in [2.75, 3.05) is 11.9 Å². The molecule has 0 aliphatic rings. The number of primary sulfonamides is 1. The van der Waals surface area contributed by atoms with Gasteiger partial charge in [0.1, 0.15) is 5.82 Å². The lowest BCUT2D eigenvalue weighted by atomic mass is 10.1. The van der Waals surface area contributed by atoms with Gasteiger partial charge in [-0.2, -0.15) is 10.1 Å². The Hall–Kier alpha value is -3.51. The predicted molar refractivity (Wildman–Crippen MR) is 103 cm³/mol. The normalized spacial score (nSPS) is 11.7. The van der Waals surface area contributed by atoms with Crippen molar-refractivity contribution in [1.82, 2.24) is 24.8 Å². The van der Waals surface area contributed by atoms with Gasteiger partial charge in [0.25, 0.3) is 0 Å². The van der Waals surface area contributed by atoms with Gasteiger partial charge in [0.05, 0.1) is 23.4 Å². The van der Waals surface area contributed by atoms with Crippen molar-refractivity contribution in [3.63, 3.8) is 0 Å². The number of sulfonamides is 1. The molecule has 3 heterocycles. The van der Waals surface area contributed by atoms with E-state index in [0.717, 1.165) is 17.2 Å². The molecule has 0 saturated carbocycles. The Morgan fingerprint density at radius 1 is 1.34 bits per heavy atom. The van der Waals surface area contributed by atoms with E-state index in [1.165, 1.54) is 16.6 Å². The molecule has 0 aliphatic carbocycles. The molecular weight excluding hydrogens is 401 g/mol. The number of halogens is 1. The molecule has 0 aliphatic heterocycles. The van der Waals surface area contributed by atoms with Gasteiger partial charge in [0.2, 0.25) is 16.0 Å². The summed E-state index contributed by atoms with van der Waals surface area (Å²) in [5.41, 5.74) is 2.02. The quantitative estimate of drug-likeness (QED) is 0.436. The Morgan fingerprint density at radius 3 is 2.83 bits per heavy atom. The Morgan fingerprint density at radius 2 is 2.17 bits per heavy atom. The second-order valence-electron chi connectivity index (χ2n) is 5.99. The van der Waals surface area contributed by atoms with Gasteiger partial charge in [0, 0.05) is 23.5 Å². The number of aromatic nitrogens is 5. The number of hydrogen-bond donors (Lipinski definition) is 3. The summed E-state index contributed by atoms with van der Waals surface area (Å²) in [6.07, 6.45) is 5.08. The Bertz CT molecular complexity index is 1290. The van der Waals surface area contributed by atoms with E-state index >= 15 is 0 Å². The van der Waals surface area contributed by atoms with Crippen LogP contribution in [0.5, 0.6) is 5.75 Å². The second kappa shape index (κ2) is 7.14. The average Bonchev–Trinajstić information content (AvgIpc) is 3.32. The number of fused-ring (bicyclic) bond motifs is 1. The van der Waals surface area contributed by atoms with Gasteiger partial charge >= 0.3 is 0 Å². The van der Waals surface area contributed by atoms with Crippen LogP contribution >= 0.6 is 0 Å². The number of nitrogens with zero attached hydrogens (tertiary/aromatic N) is 4. The molecule has 10 nitrogen and oxygen atoms in total. The lowest BCUT2D eigenvalue weighted by Crippen LogP contribution is -2.12. The summed E-state index contributed by atoms with van der Waals surface area (Å²) in [7, 11) is -4.00. The van der Waals surface area contributed by atoms with E-state index in [0.29, 0.717) is 18.0 Å². The summed E-state index contributed by atoms with van der Waals surface area (Å²) in [6, 6.07) is 5.08. The molecule has 0 atom stereocenters. The smallest absolute Gasteiger partial charge is 0.247 e. The topological polar surface area (TPSA) is 140 Å². The molecule has 0 saturated heterocycles. The predicted octanol–water partition coefficient (Wildman–Crippen LogP) is 2.05. The Kier molecular flexibility index (Phi) is 4.64. The number of ether oxygens (including phenoxy) is 1. The van der Waals surface area contributed by atoms with E-state index in [2.05, 4.69) is 25.6 Å². The van der Waals surface area contributed by atoms with Crippen molar-refractivity contribution in [3.05, 3.63) is 48.7 Å². The molecule has 1 aromatic carbocycles. The highest BCUT2D eigenvalue weighted by Gasteiger charge is 2.17. The third-order valence-electron chi connectivity index (χ3n) is 4.07. The molecule has 0 spiro atoms. The SMILES string of the molecule is CCOc1c(-c2cn[nH]c2)ccn2nc(Nc3ccc(S(N)(=O)=O)cc3F)nc12. The van der Waals surface area contributed by atoms with Gasteiger partial charge in [-0.3, -0.25) is 5.10 Å². The van der Waals surface area contributed by atoms with Crippen LogP contribution in [0.2, 0.25) is 0 Å². The molecule has 0 radical (unpaired) electrons. The van der Waals surface area contributed by atoms with Crippen LogP contribution < -0.4 is 15.2 Å². The zero-order chi connectivity index (χ0) is 20.6. The minimum absolute atomic E-state index is 0.00123. The van der Waals surface area contributed by atoms with Crippen molar-refractivity contribution in [1.29, 1.82) is 0 Å². The van der Waals surface area contributed by atoms with Gasteiger partial charge < -0.3 is 10.1 Å². The number of anilines is 2. The number of hydrogen-bond acceptors (Lipinski definition) is 7. The fraction of sp³-hybridized carbons (Fsp3) is 0.118. The summed E-state index contributed by atoms with van der Waals surface area (Å²) < 4.78 is 44.2. The van der Waals surface area contributed by atoms with E-state index in [-0.39, 0.29) is 16.5 Å². The summed E-state index contributed by atoms with van der Waals surface area (Å²) >= 11 is 0. The number of nitrogens with two attached hydrogens (primary N) is 1. The molecule has 0 amide bonds. The fourth-order valence-corrected chi connectivity index (χ4v) is 3.31. The maximum atomic E-state index is 14.3. The molecule has 0 fully saturated rings. The molecular formula is C17H16FN7O3S. The Labute approximate surface area is 164 Å². The third kappa shape index (κ3) is 3.62. The molecule has 4 aromatic rings. The monoisotopic (exact) mass is 417 g/mol. The molecule has 4 rings (SSSR count). The van der Waals surface area contributed by atoms with Gasteiger partial charge in [0.15, 0.2) is 11.4 Å². The van der Waals surface area contributed by atoms with Gasteiger partial charge in [-0.1, -0.05) is 0 Å². The van der Waals surface area contributed by atoms with Crippen LogP contribution in [0, 0.1) is 5.82 Å². The zero-order valence-corrected chi connectivity index (χ0v) is 15.9. The summed E-state index contributed by atoms with van der Waals surface area (Å²) in [5.74, 6) is -0.195. The first-order chi connectivity index (χ1) is 13.9. The molecule has 0 unspecified atom stereocenters. The molecule has 12 heteroatoms. The number of H-pyrrole nitrogens is 1. The highest BCUT2D eigenvalue weighted by atomic mass is 32.2. The van der Waals surface area contributed by atoms with Gasteiger partial charge in [-0.05, 0) is 31.2 Å². The van der Waals surface area contributed by atoms with Crippen LogP contribution in [-0.4, -0.2) is 39.8 Å². The number of nitrogens with one attached hydrogen (secondary N) is 2. The fourth-order valence-electron chi connectivity index (χ4n) is 2.78. The van der Waals surface area contributed by atoms with E-state index < -0.39 is 15.8 Å². The Balaban J connectivity index is 1.74. The van der Waals surface area contributed by atoms with Crippen molar-refractivity contribution < 1.29 is 17.5 Å². The van der Waals surface area contributed by atoms with Crippen molar-refractivity contribution >= 4 is 27.3 Å². The summed E-state index contributed by atoms with van der Waals surface area (Å²) in [6.45, 7) is 2.25. The minimum Gasteiger partial charge on any atom is -0.489 e. The maximum absolute atomic E-state index is 14.3. The van der Waals surface area contributed by atoms with E-state index in [1.807, 2.05) is 13.0 Å². The van der Waals surface area contributed by atoms with Gasteiger partial charge in [-0.25, -0.2) is 22.5 Å². The number of aromatic amines is 1. The van der Waals surface area contributed by atoms with E-state index in [1.54, 1.807) is 18.6 Å². The van der Waals surface area contributed by atoms with Crippen LogP contribution in [0.4, 0.5) is 16.0 Å². The second-order valence-corrected chi connectivity index (χ2v) is 7.56. The number of rotatable bonds is 6. The average molecular weight is 417 g/mol. The third-order valence-corrected chi connectivity index (χ3v) is 4.99. The van der Waals surface area contributed by atoms with Crippen LogP contribution in [-0.2, 0) is 10.0 Å². The first kappa shape index (κ1) is 18.8. The summed E-state index contributed by atoms with van der Waals surface area (Å²) in [4.78, 5) is 4.06. The lowest BCUT2D eigenvalue weighted by molar-refractivity contribution is 0.343. The number of pyridine rings is 1. The molecule has 150 valence electrons.